The molecule has 100 valence electrons. The van der Waals surface area contributed by atoms with Crippen LogP contribution >= 0.6 is 27.5 Å². The molecule has 1 unspecified atom stereocenters. The van der Waals surface area contributed by atoms with Crippen molar-refractivity contribution in [3.05, 3.63) is 57.0 Å². The van der Waals surface area contributed by atoms with Gasteiger partial charge in [0.05, 0.1) is 10.2 Å². The minimum absolute atomic E-state index is 0.296. The van der Waals surface area contributed by atoms with Crippen LogP contribution in [0.25, 0.3) is 0 Å². The molecule has 0 saturated carbocycles. The van der Waals surface area contributed by atoms with E-state index in [4.69, 9.17) is 16.3 Å². The summed E-state index contributed by atoms with van der Waals surface area (Å²) in [4.78, 5) is 8.77. The number of rotatable bonds is 4. The third-order valence-corrected chi connectivity index (χ3v) is 4.12. The maximum atomic E-state index is 6.10. The fraction of sp³-hybridized carbons (Fsp3) is 0.286. The number of benzene rings is 1. The summed E-state index contributed by atoms with van der Waals surface area (Å²) in [5, 5.41) is 0.406. The van der Waals surface area contributed by atoms with E-state index in [-0.39, 0.29) is 6.10 Å². The Morgan fingerprint density at radius 3 is 2.53 bits per heavy atom. The van der Waals surface area contributed by atoms with Crippen molar-refractivity contribution >= 4 is 27.5 Å². The SMILES string of the molecule is CCOC(c1ccccc1)c1nc(C)c(Br)c(Cl)n1. The third kappa shape index (κ3) is 3.32. The normalized spacial score (nSPS) is 12.4. The largest absolute Gasteiger partial charge is 0.366 e. The third-order valence-electron chi connectivity index (χ3n) is 2.66. The Balaban J connectivity index is 2.45. The zero-order chi connectivity index (χ0) is 13.8. The summed E-state index contributed by atoms with van der Waals surface area (Å²) in [6.45, 7) is 4.41. The highest BCUT2D eigenvalue weighted by atomic mass is 79.9. The summed E-state index contributed by atoms with van der Waals surface area (Å²) in [5.74, 6) is 0.582. The minimum atomic E-state index is -0.296. The highest BCUT2D eigenvalue weighted by Gasteiger charge is 2.19. The van der Waals surface area contributed by atoms with Gasteiger partial charge in [0.1, 0.15) is 11.3 Å². The van der Waals surface area contributed by atoms with Crippen LogP contribution in [0.1, 0.15) is 30.1 Å². The number of hydrogen-bond donors (Lipinski definition) is 0. The Morgan fingerprint density at radius 2 is 1.95 bits per heavy atom. The maximum absolute atomic E-state index is 6.10. The average molecular weight is 342 g/mol. The van der Waals surface area contributed by atoms with Crippen molar-refractivity contribution in [1.29, 1.82) is 0 Å². The number of aromatic nitrogens is 2. The molecule has 3 nitrogen and oxygen atoms in total. The van der Waals surface area contributed by atoms with Gasteiger partial charge in [-0.05, 0) is 35.3 Å². The molecular weight excluding hydrogens is 328 g/mol. The first-order chi connectivity index (χ1) is 9.13. The van der Waals surface area contributed by atoms with Gasteiger partial charge in [0.25, 0.3) is 0 Å². The average Bonchev–Trinajstić information content (AvgIpc) is 2.42. The van der Waals surface area contributed by atoms with Crippen LogP contribution in [0.2, 0.25) is 5.15 Å². The van der Waals surface area contributed by atoms with E-state index in [2.05, 4.69) is 25.9 Å². The molecule has 0 aliphatic carbocycles. The van der Waals surface area contributed by atoms with E-state index >= 15 is 0 Å². The van der Waals surface area contributed by atoms with E-state index in [0.29, 0.717) is 17.6 Å². The van der Waals surface area contributed by atoms with Gasteiger partial charge in [-0.1, -0.05) is 41.9 Å². The molecule has 2 aromatic rings. The van der Waals surface area contributed by atoms with E-state index in [1.54, 1.807) is 0 Å². The lowest BCUT2D eigenvalue weighted by atomic mass is 10.1. The van der Waals surface area contributed by atoms with Crippen molar-refractivity contribution in [3.63, 3.8) is 0 Å². The Morgan fingerprint density at radius 1 is 1.26 bits per heavy atom. The standard InChI is InChI=1S/C14H14BrClN2O/c1-3-19-12(10-7-5-4-6-8-10)14-17-9(2)11(15)13(16)18-14/h4-8,12H,3H2,1-2H3. The molecule has 5 heteroatoms. The zero-order valence-electron chi connectivity index (χ0n) is 10.7. The van der Waals surface area contributed by atoms with Gasteiger partial charge in [-0.15, -0.1) is 0 Å². The molecule has 0 amide bonds. The summed E-state index contributed by atoms with van der Waals surface area (Å²) >= 11 is 9.46. The smallest absolute Gasteiger partial charge is 0.163 e. The molecule has 1 aromatic carbocycles. The summed E-state index contributed by atoms with van der Waals surface area (Å²) in [7, 11) is 0. The van der Waals surface area contributed by atoms with Gasteiger partial charge in [-0.3, -0.25) is 0 Å². The summed E-state index contributed by atoms with van der Waals surface area (Å²) in [6.07, 6.45) is -0.296. The van der Waals surface area contributed by atoms with Crippen molar-refractivity contribution in [2.45, 2.75) is 20.0 Å². The number of aryl methyl sites for hydroxylation is 1. The molecule has 0 radical (unpaired) electrons. The number of nitrogens with zero attached hydrogens (tertiary/aromatic N) is 2. The second kappa shape index (κ2) is 6.46. The van der Waals surface area contributed by atoms with Gasteiger partial charge in [0.2, 0.25) is 0 Å². The second-order valence-corrected chi connectivity index (χ2v) is 5.17. The van der Waals surface area contributed by atoms with E-state index in [9.17, 15) is 0 Å². The van der Waals surface area contributed by atoms with Crippen molar-refractivity contribution in [1.82, 2.24) is 9.97 Å². The maximum Gasteiger partial charge on any atom is 0.163 e. The van der Waals surface area contributed by atoms with Gasteiger partial charge in [0.15, 0.2) is 5.82 Å². The molecule has 1 heterocycles. The monoisotopic (exact) mass is 340 g/mol. The van der Waals surface area contributed by atoms with Crippen LogP contribution in [0.3, 0.4) is 0 Å². The predicted molar refractivity (Wildman–Crippen MR) is 79.4 cm³/mol. The van der Waals surface area contributed by atoms with Crippen LogP contribution in [0.15, 0.2) is 34.8 Å². The van der Waals surface area contributed by atoms with Crippen molar-refractivity contribution in [2.75, 3.05) is 6.61 Å². The van der Waals surface area contributed by atoms with Crippen LogP contribution in [-0.4, -0.2) is 16.6 Å². The predicted octanol–water partition coefficient (Wildman–Crippen LogP) is 4.33. The van der Waals surface area contributed by atoms with E-state index in [1.165, 1.54) is 0 Å². The lowest BCUT2D eigenvalue weighted by molar-refractivity contribution is 0.0850. The number of halogens is 2. The van der Waals surface area contributed by atoms with Crippen LogP contribution in [-0.2, 0) is 4.74 Å². The van der Waals surface area contributed by atoms with Crippen LogP contribution in [0.4, 0.5) is 0 Å². The summed E-state index contributed by atoms with van der Waals surface area (Å²) in [5.41, 5.74) is 1.82. The molecular formula is C14H14BrClN2O. The first kappa shape index (κ1) is 14.4. The summed E-state index contributed by atoms with van der Waals surface area (Å²) in [6, 6.07) is 9.89. The Labute approximate surface area is 126 Å². The van der Waals surface area contributed by atoms with Gasteiger partial charge in [-0.25, -0.2) is 9.97 Å². The molecule has 0 fully saturated rings. The quantitative estimate of drug-likeness (QED) is 0.777. The highest BCUT2D eigenvalue weighted by Crippen LogP contribution is 2.28. The fourth-order valence-corrected chi connectivity index (χ4v) is 2.18. The van der Waals surface area contributed by atoms with Gasteiger partial charge in [0, 0.05) is 6.61 Å². The minimum Gasteiger partial charge on any atom is -0.366 e. The van der Waals surface area contributed by atoms with Crippen molar-refractivity contribution < 1.29 is 4.74 Å². The van der Waals surface area contributed by atoms with Crippen molar-refractivity contribution in [2.24, 2.45) is 0 Å². The molecule has 0 bridgehead atoms. The van der Waals surface area contributed by atoms with Crippen molar-refractivity contribution in [3.8, 4) is 0 Å². The fourth-order valence-electron chi connectivity index (χ4n) is 1.78. The van der Waals surface area contributed by atoms with E-state index < -0.39 is 0 Å². The Bertz CT molecular complexity index is 540. The first-order valence-corrected chi connectivity index (χ1v) is 7.16. The lowest BCUT2D eigenvalue weighted by Gasteiger charge is -2.17. The first-order valence-electron chi connectivity index (χ1n) is 5.99. The number of hydrogen-bond acceptors (Lipinski definition) is 3. The molecule has 1 aromatic heterocycles. The Hall–Kier alpha value is -0.970. The van der Waals surface area contributed by atoms with Crippen LogP contribution in [0.5, 0.6) is 0 Å². The number of ether oxygens (including phenoxy) is 1. The second-order valence-electron chi connectivity index (χ2n) is 4.02. The molecule has 0 saturated heterocycles. The Kier molecular flexibility index (Phi) is 4.91. The van der Waals surface area contributed by atoms with Gasteiger partial charge < -0.3 is 4.74 Å². The van der Waals surface area contributed by atoms with Crippen LogP contribution in [0, 0.1) is 6.92 Å². The van der Waals surface area contributed by atoms with E-state index in [1.807, 2.05) is 44.2 Å². The molecule has 2 rings (SSSR count). The topological polar surface area (TPSA) is 35.0 Å². The van der Waals surface area contributed by atoms with Gasteiger partial charge >= 0.3 is 0 Å². The molecule has 0 aliphatic rings. The molecule has 1 atom stereocenters. The molecule has 19 heavy (non-hydrogen) atoms. The summed E-state index contributed by atoms with van der Waals surface area (Å²) < 4.78 is 6.49. The molecule has 0 spiro atoms. The highest BCUT2D eigenvalue weighted by molar-refractivity contribution is 9.10. The lowest BCUT2D eigenvalue weighted by Crippen LogP contribution is -2.11. The van der Waals surface area contributed by atoms with Crippen LogP contribution < -0.4 is 0 Å². The zero-order valence-corrected chi connectivity index (χ0v) is 13.1. The van der Waals surface area contributed by atoms with E-state index in [0.717, 1.165) is 15.7 Å². The molecule has 0 aliphatic heterocycles. The molecule has 0 N–H and O–H groups in total. The van der Waals surface area contributed by atoms with Gasteiger partial charge in [-0.2, -0.15) is 0 Å².